The molecule has 0 aromatic carbocycles. The van der Waals surface area contributed by atoms with Gasteiger partial charge in [-0.25, -0.2) is 4.98 Å². The summed E-state index contributed by atoms with van der Waals surface area (Å²) in [5.74, 6) is 2.08. The Morgan fingerprint density at radius 1 is 1.35 bits per heavy atom. The summed E-state index contributed by atoms with van der Waals surface area (Å²) < 4.78 is 4.03. The van der Waals surface area contributed by atoms with Crippen molar-refractivity contribution in [2.75, 3.05) is 17.2 Å². The number of aromatic nitrogens is 4. The molecule has 2 aromatic rings. The van der Waals surface area contributed by atoms with Crippen LogP contribution < -0.4 is 10.6 Å². The van der Waals surface area contributed by atoms with E-state index in [1.165, 1.54) is 0 Å². The van der Waals surface area contributed by atoms with Crippen LogP contribution in [0.4, 0.5) is 11.5 Å². The van der Waals surface area contributed by atoms with E-state index in [0.29, 0.717) is 0 Å². The van der Waals surface area contributed by atoms with Gasteiger partial charge in [-0.05, 0) is 6.92 Å². The van der Waals surface area contributed by atoms with E-state index < -0.39 is 0 Å². The van der Waals surface area contributed by atoms with E-state index in [2.05, 4.69) is 19.5 Å². The second-order valence-corrected chi connectivity index (χ2v) is 4.40. The van der Waals surface area contributed by atoms with Crippen molar-refractivity contribution in [3.63, 3.8) is 0 Å². The minimum Gasteiger partial charge on any atom is -0.394 e. The highest BCUT2D eigenvalue weighted by molar-refractivity contribution is 5.66. The van der Waals surface area contributed by atoms with Gasteiger partial charge in [0.2, 0.25) is 0 Å². The van der Waals surface area contributed by atoms with Gasteiger partial charge in [-0.2, -0.15) is 5.10 Å². The fourth-order valence-electron chi connectivity index (χ4n) is 2.39. The molecule has 17 heavy (non-hydrogen) atoms. The molecule has 2 aromatic heterocycles. The van der Waals surface area contributed by atoms with Crippen LogP contribution >= 0.6 is 0 Å². The Labute approximate surface area is 99.7 Å². The van der Waals surface area contributed by atoms with Crippen LogP contribution in [-0.4, -0.2) is 25.9 Å². The molecule has 3 heterocycles. The van der Waals surface area contributed by atoms with Crippen molar-refractivity contribution in [2.45, 2.75) is 20.0 Å². The summed E-state index contributed by atoms with van der Waals surface area (Å²) in [4.78, 5) is 6.58. The van der Waals surface area contributed by atoms with Crippen LogP contribution in [0.25, 0.3) is 0 Å². The molecular formula is C11H16N6. The van der Waals surface area contributed by atoms with Crippen LogP contribution in [0.1, 0.15) is 11.5 Å². The maximum absolute atomic E-state index is 6.08. The van der Waals surface area contributed by atoms with Crippen molar-refractivity contribution >= 4 is 11.5 Å². The quantitative estimate of drug-likeness (QED) is 0.779. The molecule has 3 rings (SSSR count). The first-order chi connectivity index (χ1) is 8.16. The number of hydrogen-bond donors (Lipinski definition) is 1. The lowest BCUT2D eigenvalue weighted by Gasteiger charge is -2.29. The first kappa shape index (κ1) is 10.2. The fourth-order valence-corrected chi connectivity index (χ4v) is 2.39. The molecule has 0 atom stereocenters. The Balaban J connectivity index is 1.97. The van der Waals surface area contributed by atoms with Gasteiger partial charge in [0, 0.05) is 32.5 Å². The van der Waals surface area contributed by atoms with Crippen molar-refractivity contribution in [3.05, 3.63) is 23.9 Å². The van der Waals surface area contributed by atoms with Gasteiger partial charge >= 0.3 is 0 Å². The third-order valence-electron chi connectivity index (χ3n) is 3.28. The van der Waals surface area contributed by atoms with E-state index in [1.807, 2.05) is 31.0 Å². The molecule has 2 N–H and O–H groups in total. The number of nitrogens with zero attached hydrogens (tertiary/aromatic N) is 5. The summed E-state index contributed by atoms with van der Waals surface area (Å²) in [6.07, 6.45) is 3.86. The van der Waals surface area contributed by atoms with E-state index in [-0.39, 0.29) is 0 Å². The summed E-state index contributed by atoms with van der Waals surface area (Å²) in [5.41, 5.74) is 7.73. The zero-order chi connectivity index (χ0) is 12.0. The number of nitrogen functional groups attached to an aromatic ring is 1. The molecule has 0 saturated heterocycles. The topological polar surface area (TPSA) is 64.9 Å². The largest absolute Gasteiger partial charge is 0.394 e. The van der Waals surface area contributed by atoms with Gasteiger partial charge < -0.3 is 15.2 Å². The summed E-state index contributed by atoms with van der Waals surface area (Å²) in [6, 6.07) is 0. The van der Waals surface area contributed by atoms with Crippen LogP contribution in [0.5, 0.6) is 0 Å². The molecule has 0 unspecified atom stereocenters. The van der Waals surface area contributed by atoms with Gasteiger partial charge in [-0.1, -0.05) is 0 Å². The van der Waals surface area contributed by atoms with Gasteiger partial charge in [0.25, 0.3) is 0 Å². The summed E-state index contributed by atoms with van der Waals surface area (Å²) in [6.45, 7) is 4.60. The number of nitrogens with two attached hydrogens (primary N) is 1. The lowest BCUT2D eigenvalue weighted by molar-refractivity contribution is 0.546. The predicted molar refractivity (Wildman–Crippen MR) is 65.6 cm³/mol. The SMILES string of the molecule is Cc1nn(C)c(N2CCn3ccnc3C2)c1N. The van der Waals surface area contributed by atoms with Crippen molar-refractivity contribution in [3.8, 4) is 0 Å². The number of fused-ring (bicyclic) bond motifs is 1. The molecule has 90 valence electrons. The minimum absolute atomic E-state index is 0.771. The Morgan fingerprint density at radius 2 is 2.18 bits per heavy atom. The summed E-state index contributed by atoms with van der Waals surface area (Å²) in [5, 5.41) is 4.35. The number of imidazole rings is 1. The predicted octanol–water partition coefficient (Wildman–Crippen LogP) is 0.527. The van der Waals surface area contributed by atoms with Crippen LogP contribution in [0.2, 0.25) is 0 Å². The van der Waals surface area contributed by atoms with Gasteiger partial charge in [0.05, 0.1) is 17.9 Å². The molecule has 0 radical (unpaired) electrons. The zero-order valence-corrected chi connectivity index (χ0v) is 10.1. The molecule has 6 heteroatoms. The van der Waals surface area contributed by atoms with Crippen LogP contribution in [-0.2, 0) is 20.1 Å². The maximum Gasteiger partial charge on any atom is 0.150 e. The van der Waals surface area contributed by atoms with Gasteiger partial charge in [0.15, 0.2) is 5.82 Å². The second kappa shape index (κ2) is 3.51. The van der Waals surface area contributed by atoms with Crippen molar-refractivity contribution < 1.29 is 0 Å². The molecular weight excluding hydrogens is 216 g/mol. The van der Waals surface area contributed by atoms with Crippen molar-refractivity contribution in [1.82, 2.24) is 19.3 Å². The Kier molecular flexibility index (Phi) is 2.10. The van der Waals surface area contributed by atoms with E-state index in [9.17, 15) is 0 Å². The summed E-state index contributed by atoms with van der Waals surface area (Å²) >= 11 is 0. The van der Waals surface area contributed by atoms with E-state index >= 15 is 0 Å². The average Bonchev–Trinajstić information content (AvgIpc) is 2.84. The van der Waals surface area contributed by atoms with Crippen LogP contribution in [0.15, 0.2) is 12.4 Å². The Bertz CT molecular complexity index is 552. The molecule has 0 saturated carbocycles. The summed E-state index contributed by atoms with van der Waals surface area (Å²) in [7, 11) is 1.93. The average molecular weight is 232 g/mol. The highest BCUT2D eigenvalue weighted by Crippen LogP contribution is 2.28. The monoisotopic (exact) mass is 232 g/mol. The maximum atomic E-state index is 6.08. The molecule has 6 nitrogen and oxygen atoms in total. The van der Waals surface area contributed by atoms with Crippen LogP contribution in [0.3, 0.4) is 0 Å². The standard InChI is InChI=1S/C11H16N6/c1-8-10(12)11(15(2)14-8)17-6-5-16-4-3-13-9(16)7-17/h3-4H,5-7,12H2,1-2H3. The normalized spacial score (nSPS) is 15.1. The molecule has 1 aliphatic heterocycles. The molecule has 0 aliphatic carbocycles. The first-order valence-corrected chi connectivity index (χ1v) is 5.71. The third kappa shape index (κ3) is 1.48. The molecule has 0 spiro atoms. The first-order valence-electron chi connectivity index (χ1n) is 5.71. The number of hydrogen-bond acceptors (Lipinski definition) is 4. The lowest BCUT2D eigenvalue weighted by Crippen LogP contribution is -2.35. The van der Waals surface area contributed by atoms with Crippen molar-refractivity contribution in [1.29, 1.82) is 0 Å². The van der Waals surface area contributed by atoms with E-state index in [4.69, 9.17) is 5.73 Å². The van der Waals surface area contributed by atoms with Gasteiger partial charge in [-0.15, -0.1) is 0 Å². The number of rotatable bonds is 1. The minimum atomic E-state index is 0.771. The van der Waals surface area contributed by atoms with E-state index in [1.54, 1.807) is 0 Å². The Hall–Kier alpha value is -1.98. The molecule has 0 fully saturated rings. The smallest absolute Gasteiger partial charge is 0.150 e. The lowest BCUT2D eigenvalue weighted by atomic mass is 10.3. The highest BCUT2D eigenvalue weighted by Gasteiger charge is 2.22. The van der Waals surface area contributed by atoms with Gasteiger partial charge in [-0.3, -0.25) is 4.68 Å². The van der Waals surface area contributed by atoms with Gasteiger partial charge in [0.1, 0.15) is 5.82 Å². The Morgan fingerprint density at radius 3 is 2.88 bits per heavy atom. The van der Waals surface area contributed by atoms with Crippen molar-refractivity contribution in [2.24, 2.45) is 7.05 Å². The molecule has 0 bridgehead atoms. The second-order valence-electron chi connectivity index (χ2n) is 4.40. The molecule has 0 amide bonds. The number of anilines is 2. The van der Waals surface area contributed by atoms with E-state index in [0.717, 1.165) is 42.7 Å². The molecule has 1 aliphatic rings. The highest BCUT2D eigenvalue weighted by atomic mass is 15.4. The zero-order valence-electron chi connectivity index (χ0n) is 10.1. The van der Waals surface area contributed by atoms with Crippen LogP contribution in [0, 0.1) is 6.92 Å². The fraction of sp³-hybridized carbons (Fsp3) is 0.455. The third-order valence-corrected chi connectivity index (χ3v) is 3.28. The number of aryl methyl sites for hydroxylation is 2.